The van der Waals surface area contributed by atoms with E-state index in [9.17, 15) is 20.0 Å². The zero-order valence-electron chi connectivity index (χ0n) is 17.4. The van der Waals surface area contributed by atoms with Crippen molar-refractivity contribution in [3.63, 3.8) is 0 Å². The number of imide groups is 1. The molecule has 0 saturated heterocycles. The second kappa shape index (κ2) is 9.89. The lowest BCUT2D eigenvalue weighted by Gasteiger charge is -2.27. The van der Waals surface area contributed by atoms with E-state index in [1.54, 1.807) is 26.2 Å². The third-order valence-electron chi connectivity index (χ3n) is 5.00. The molecule has 7 nitrogen and oxygen atoms in total. The Bertz CT molecular complexity index is 892. The number of anilines is 1. The van der Waals surface area contributed by atoms with Crippen molar-refractivity contribution in [1.82, 2.24) is 4.90 Å². The highest BCUT2D eigenvalue weighted by Gasteiger charge is 2.35. The Hall–Kier alpha value is -3.11. The molecule has 0 aliphatic carbocycles. The van der Waals surface area contributed by atoms with Gasteiger partial charge in [0.2, 0.25) is 0 Å². The van der Waals surface area contributed by atoms with Crippen LogP contribution in [-0.2, 0) is 14.3 Å². The second-order valence-corrected chi connectivity index (χ2v) is 6.69. The minimum Gasteiger partial charge on any atom is -0.507 e. The zero-order valence-corrected chi connectivity index (χ0v) is 17.4. The molecular formula is C22H27N3O4. The first-order valence-corrected chi connectivity index (χ1v) is 9.65. The number of methoxy groups -OCH3 is 1. The Kier molecular flexibility index (Phi) is 7.57. The number of amides is 2. The summed E-state index contributed by atoms with van der Waals surface area (Å²) in [7, 11) is 1.54. The molecular weight excluding hydrogens is 370 g/mol. The number of nitrogens with zero attached hydrogens (tertiary/aromatic N) is 3. The van der Waals surface area contributed by atoms with E-state index in [-0.39, 0.29) is 23.4 Å². The van der Waals surface area contributed by atoms with Gasteiger partial charge in [0.25, 0.3) is 11.8 Å². The molecule has 0 saturated carbocycles. The molecule has 154 valence electrons. The van der Waals surface area contributed by atoms with Crippen molar-refractivity contribution in [2.24, 2.45) is 0 Å². The van der Waals surface area contributed by atoms with Crippen LogP contribution in [0.4, 0.5) is 5.69 Å². The molecule has 29 heavy (non-hydrogen) atoms. The maximum absolute atomic E-state index is 12.9. The predicted molar refractivity (Wildman–Crippen MR) is 111 cm³/mol. The van der Waals surface area contributed by atoms with Crippen LogP contribution < -0.4 is 4.90 Å². The molecule has 0 unspecified atom stereocenters. The standard InChI is InChI=1S/C22H27N3O4/c1-5-24(6-2)17-9-8-16(20(26)13-17)12-18-15(3)19(14-23)22(28)25(21(18)27)10-7-11-29-4/h8-9,12-13,26H,5-7,10-11H2,1-4H3/b18-12-. The van der Waals surface area contributed by atoms with Gasteiger partial charge < -0.3 is 14.7 Å². The summed E-state index contributed by atoms with van der Waals surface area (Å²) >= 11 is 0. The minimum absolute atomic E-state index is 0.0313. The molecule has 0 atom stereocenters. The third kappa shape index (κ3) is 4.66. The molecule has 1 aliphatic rings. The maximum atomic E-state index is 12.9. The molecule has 7 heteroatoms. The van der Waals surface area contributed by atoms with Gasteiger partial charge in [0.1, 0.15) is 17.4 Å². The van der Waals surface area contributed by atoms with Gasteiger partial charge in [0.15, 0.2) is 0 Å². The van der Waals surface area contributed by atoms with Crippen LogP contribution >= 0.6 is 0 Å². The lowest BCUT2D eigenvalue weighted by molar-refractivity contribution is -0.140. The number of benzene rings is 1. The predicted octanol–water partition coefficient (Wildman–Crippen LogP) is 2.87. The maximum Gasteiger partial charge on any atom is 0.271 e. The van der Waals surface area contributed by atoms with E-state index in [1.165, 1.54) is 6.08 Å². The lowest BCUT2D eigenvalue weighted by Crippen LogP contribution is -2.43. The van der Waals surface area contributed by atoms with Gasteiger partial charge in [-0.05, 0) is 51.0 Å². The molecule has 1 aromatic carbocycles. The van der Waals surface area contributed by atoms with Gasteiger partial charge in [0.05, 0.1) is 0 Å². The summed E-state index contributed by atoms with van der Waals surface area (Å²) in [5.74, 6) is -1.04. The van der Waals surface area contributed by atoms with Crippen LogP contribution in [0.1, 0.15) is 32.8 Å². The van der Waals surface area contributed by atoms with Crippen molar-refractivity contribution in [1.29, 1.82) is 5.26 Å². The van der Waals surface area contributed by atoms with Crippen LogP contribution in [-0.4, -0.2) is 55.2 Å². The summed E-state index contributed by atoms with van der Waals surface area (Å²) in [6, 6.07) is 7.16. The Balaban J connectivity index is 2.46. The Labute approximate surface area is 171 Å². The number of ether oxygens (including phenoxy) is 1. The van der Waals surface area contributed by atoms with Gasteiger partial charge in [-0.2, -0.15) is 5.26 Å². The van der Waals surface area contributed by atoms with E-state index in [0.29, 0.717) is 24.2 Å². The smallest absolute Gasteiger partial charge is 0.271 e. The zero-order chi connectivity index (χ0) is 21.6. The van der Waals surface area contributed by atoms with Crippen molar-refractivity contribution in [2.45, 2.75) is 27.2 Å². The van der Waals surface area contributed by atoms with Crippen molar-refractivity contribution < 1.29 is 19.4 Å². The number of nitriles is 1. The Morgan fingerprint density at radius 1 is 1.24 bits per heavy atom. The molecule has 0 bridgehead atoms. The van der Waals surface area contributed by atoms with Crippen molar-refractivity contribution in [2.75, 3.05) is 38.3 Å². The third-order valence-corrected chi connectivity index (χ3v) is 5.00. The normalized spacial score (nSPS) is 15.8. The van der Waals surface area contributed by atoms with Crippen LogP contribution in [0.3, 0.4) is 0 Å². The first-order valence-electron chi connectivity index (χ1n) is 9.65. The summed E-state index contributed by atoms with van der Waals surface area (Å²) in [6.07, 6.45) is 2.01. The van der Waals surface area contributed by atoms with Gasteiger partial charge in [-0.25, -0.2) is 0 Å². The number of aromatic hydroxyl groups is 1. The quantitative estimate of drug-likeness (QED) is 0.412. The van der Waals surface area contributed by atoms with Gasteiger partial charge in [-0.1, -0.05) is 0 Å². The first-order chi connectivity index (χ1) is 13.9. The highest BCUT2D eigenvalue weighted by molar-refractivity contribution is 6.19. The topological polar surface area (TPSA) is 93.9 Å². The number of hydrogen-bond donors (Lipinski definition) is 1. The molecule has 2 amide bonds. The van der Waals surface area contributed by atoms with E-state index in [1.807, 2.05) is 26.0 Å². The molecule has 0 spiro atoms. The van der Waals surface area contributed by atoms with Crippen LogP contribution in [0.15, 0.2) is 34.9 Å². The molecule has 0 radical (unpaired) electrons. The van der Waals surface area contributed by atoms with E-state index in [0.717, 1.165) is 23.7 Å². The summed E-state index contributed by atoms with van der Waals surface area (Å²) in [5, 5.41) is 19.9. The van der Waals surface area contributed by atoms with Crippen molar-refractivity contribution in [3.8, 4) is 11.8 Å². The number of rotatable bonds is 8. The average molecular weight is 397 g/mol. The summed E-state index contributed by atoms with van der Waals surface area (Å²) < 4.78 is 4.99. The van der Waals surface area contributed by atoms with Crippen molar-refractivity contribution in [3.05, 3.63) is 40.5 Å². The average Bonchev–Trinajstić information content (AvgIpc) is 2.70. The van der Waals surface area contributed by atoms with Gasteiger partial charge >= 0.3 is 0 Å². The van der Waals surface area contributed by atoms with E-state index in [4.69, 9.17) is 4.74 Å². The molecule has 1 aliphatic heterocycles. The number of carbonyl (C=O) groups excluding carboxylic acids is 2. The molecule has 0 aromatic heterocycles. The highest BCUT2D eigenvalue weighted by atomic mass is 16.5. The van der Waals surface area contributed by atoms with Gasteiger partial charge in [-0.15, -0.1) is 0 Å². The highest BCUT2D eigenvalue weighted by Crippen LogP contribution is 2.31. The molecule has 0 fully saturated rings. The van der Waals surface area contributed by atoms with Gasteiger partial charge in [0, 0.05) is 56.2 Å². The number of hydrogen-bond acceptors (Lipinski definition) is 6. The summed E-state index contributed by atoms with van der Waals surface area (Å²) in [4.78, 5) is 28.6. The molecule has 1 N–H and O–H groups in total. The molecule has 1 heterocycles. The molecule has 2 rings (SSSR count). The summed E-state index contributed by atoms with van der Waals surface area (Å²) in [5.41, 5.74) is 1.81. The SMILES string of the molecule is CCN(CC)c1ccc(/C=C2\C(=O)N(CCCOC)C(=O)C(C#N)=C2C)c(O)c1. The van der Waals surface area contributed by atoms with Crippen LogP contribution in [0, 0.1) is 11.3 Å². The number of carbonyl (C=O) groups is 2. The molecule has 1 aromatic rings. The largest absolute Gasteiger partial charge is 0.507 e. The number of phenolic OH excluding ortho intramolecular Hbond substituents is 1. The summed E-state index contributed by atoms with van der Waals surface area (Å²) in [6.45, 7) is 7.81. The van der Waals surface area contributed by atoms with E-state index < -0.39 is 11.8 Å². The van der Waals surface area contributed by atoms with Crippen LogP contribution in [0.25, 0.3) is 6.08 Å². The monoisotopic (exact) mass is 397 g/mol. The van der Waals surface area contributed by atoms with Gasteiger partial charge in [-0.3, -0.25) is 14.5 Å². The fraction of sp³-hybridized carbons (Fsp3) is 0.409. The van der Waals surface area contributed by atoms with E-state index >= 15 is 0 Å². The fourth-order valence-corrected chi connectivity index (χ4v) is 3.29. The first kappa shape index (κ1) is 22.2. The minimum atomic E-state index is -0.593. The van der Waals surface area contributed by atoms with Crippen LogP contribution in [0.2, 0.25) is 0 Å². The Morgan fingerprint density at radius 3 is 2.48 bits per heavy atom. The number of phenols is 1. The van der Waals surface area contributed by atoms with E-state index in [2.05, 4.69) is 4.90 Å². The second-order valence-electron chi connectivity index (χ2n) is 6.69. The van der Waals surface area contributed by atoms with Crippen molar-refractivity contribution >= 4 is 23.6 Å². The fourth-order valence-electron chi connectivity index (χ4n) is 3.29. The lowest BCUT2D eigenvalue weighted by atomic mass is 9.93. The van der Waals surface area contributed by atoms with Crippen LogP contribution in [0.5, 0.6) is 5.75 Å². The Morgan fingerprint density at radius 2 is 1.93 bits per heavy atom.